The number of rotatable bonds is 11. The van der Waals surface area contributed by atoms with Crippen molar-refractivity contribution < 1.29 is 19.1 Å². The largest absolute Gasteiger partial charge is 0.462 e. The van der Waals surface area contributed by atoms with Gasteiger partial charge in [0.05, 0.1) is 12.2 Å². The number of nitrogens with zero attached hydrogens (tertiary/aromatic N) is 2. The van der Waals surface area contributed by atoms with Gasteiger partial charge in [-0.1, -0.05) is 27.7 Å². The van der Waals surface area contributed by atoms with Gasteiger partial charge in [0.2, 0.25) is 0 Å². The smallest absolute Gasteiger partial charge is 0.329 e. The summed E-state index contributed by atoms with van der Waals surface area (Å²) in [5, 5.41) is 0. The highest BCUT2D eigenvalue weighted by atomic mass is 16.6. The van der Waals surface area contributed by atoms with Crippen LogP contribution < -0.4 is 0 Å². The lowest BCUT2D eigenvalue weighted by molar-refractivity contribution is -0.190. The van der Waals surface area contributed by atoms with Crippen molar-refractivity contribution in [1.82, 2.24) is 9.80 Å². The zero-order chi connectivity index (χ0) is 20.7. The van der Waals surface area contributed by atoms with Crippen LogP contribution in [0.25, 0.3) is 0 Å². The molecule has 0 saturated heterocycles. The lowest BCUT2D eigenvalue weighted by atomic mass is 9.75. The van der Waals surface area contributed by atoms with E-state index in [1.165, 1.54) is 0 Å². The van der Waals surface area contributed by atoms with Crippen LogP contribution in [0.3, 0.4) is 0 Å². The fourth-order valence-corrected chi connectivity index (χ4v) is 3.64. The Hall–Kier alpha value is -1.14. The molecule has 0 aliphatic heterocycles. The number of ether oxygens (including phenoxy) is 2. The minimum atomic E-state index is -1.18. The van der Waals surface area contributed by atoms with Crippen LogP contribution >= 0.6 is 0 Å². The van der Waals surface area contributed by atoms with Gasteiger partial charge in [-0.3, -0.25) is 9.80 Å². The Bertz CT molecular complexity index is 417. The van der Waals surface area contributed by atoms with Gasteiger partial charge in [-0.25, -0.2) is 9.59 Å². The average Bonchev–Trinajstić information content (AvgIpc) is 2.54. The normalized spacial score (nSPS) is 16.7. The van der Waals surface area contributed by atoms with Crippen LogP contribution in [0, 0.1) is 0 Å². The minimum absolute atomic E-state index is 0.264. The molecule has 6 heteroatoms. The summed E-state index contributed by atoms with van der Waals surface area (Å²) in [4.78, 5) is 30.6. The van der Waals surface area contributed by atoms with Gasteiger partial charge >= 0.3 is 11.9 Å². The minimum Gasteiger partial charge on any atom is -0.462 e. The molecule has 0 spiro atoms. The topological polar surface area (TPSA) is 59.1 Å². The van der Waals surface area contributed by atoms with E-state index in [0.717, 1.165) is 0 Å². The van der Waals surface area contributed by atoms with Crippen molar-refractivity contribution in [1.29, 1.82) is 0 Å². The lowest BCUT2D eigenvalue weighted by Crippen LogP contribution is -2.75. The van der Waals surface area contributed by atoms with Gasteiger partial charge in [0.1, 0.15) is 11.1 Å². The highest BCUT2D eigenvalue weighted by Gasteiger charge is 2.62. The van der Waals surface area contributed by atoms with Crippen LogP contribution in [0.2, 0.25) is 0 Å². The number of carbonyl (C=O) groups excluding carboxylic acids is 2. The second kappa shape index (κ2) is 10.3. The monoisotopic (exact) mass is 372 g/mol. The van der Waals surface area contributed by atoms with Crippen molar-refractivity contribution in [3.8, 4) is 0 Å². The van der Waals surface area contributed by atoms with Crippen LogP contribution in [0.1, 0.15) is 69.2 Å². The SMILES string of the molecule is CCN(CC)C(C)(C(=O)OC(C)C)C(C)(C(=O)OC(C)C)N(CC)CC. The predicted molar refractivity (Wildman–Crippen MR) is 105 cm³/mol. The molecular weight excluding hydrogens is 332 g/mol. The van der Waals surface area contributed by atoms with Crippen molar-refractivity contribution in [3.63, 3.8) is 0 Å². The summed E-state index contributed by atoms with van der Waals surface area (Å²) in [5.41, 5.74) is -2.36. The van der Waals surface area contributed by atoms with E-state index in [1.807, 2.05) is 79.0 Å². The van der Waals surface area contributed by atoms with Crippen LogP contribution in [0.15, 0.2) is 0 Å². The molecule has 0 rings (SSSR count). The fraction of sp³-hybridized carbons (Fsp3) is 0.900. The van der Waals surface area contributed by atoms with Gasteiger partial charge in [-0.05, 0) is 67.7 Å². The second-order valence-corrected chi connectivity index (χ2v) is 7.40. The second-order valence-electron chi connectivity index (χ2n) is 7.40. The molecule has 0 aromatic rings. The van der Waals surface area contributed by atoms with Gasteiger partial charge in [0.15, 0.2) is 0 Å². The zero-order valence-corrected chi connectivity index (χ0v) is 18.5. The van der Waals surface area contributed by atoms with Gasteiger partial charge in [0.25, 0.3) is 0 Å². The van der Waals surface area contributed by atoms with Gasteiger partial charge in [0, 0.05) is 0 Å². The summed E-state index contributed by atoms with van der Waals surface area (Å²) >= 11 is 0. The Balaban J connectivity index is 6.58. The highest BCUT2D eigenvalue weighted by Crippen LogP contribution is 2.37. The molecule has 2 unspecified atom stereocenters. The molecule has 0 saturated carbocycles. The van der Waals surface area contributed by atoms with E-state index in [2.05, 4.69) is 0 Å². The Morgan fingerprint density at radius 3 is 1.08 bits per heavy atom. The molecule has 154 valence electrons. The van der Waals surface area contributed by atoms with Crippen LogP contribution in [-0.2, 0) is 19.1 Å². The van der Waals surface area contributed by atoms with E-state index in [4.69, 9.17) is 9.47 Å². The number of hydrogen-bond acceptors (Lipinski definition) is 6. The molecular formula is C20H40N2O4. The lowest BCUT2D eigenvalue weighted by Gasteiger charge is -2.53. The number of esters is 2. The summed E-state index contributed by atoms with van der Waals surface area (Å²) in [6.07, 6.45) is -0.529. The Labute approximate surface area is 160 Å². The third-order valence-corrected chi connectivity index (χ3v) is 5.22. The molecule has 0 heterocycles. The van der Waals surface area contributed by atoms with Crippen molar-refractivity contribution in [3.05, 3.63) is 0 Å². The molecule has 2 atom stereocenters. The fourth-order valence-electron chi connectivity index (χ4n) is 3.64. The molecule has 0 fully saturated rings. The van der Waals surface area contributed by atoms with E-state index >= 15 is 0 Å². The number of hydrogen-bond donors (Lipinski definition) is 0. The predicted octanol–water partition coefficient (Wildman–Crippen LogP) is 3.09. The van der Waals surface area contributed by atoms with Gasteiger partial charge < -0.3 is 9.47 Å². The summed E-state index contributed by atoms with van der Waals surface area (Å²) in [5.74, 6) is -0.794. The first-order valence-electron chi connectivity index (χ1n) is 9.89. The van der Waals surface area contributed by atoms with Crippen LogP contribution in [-0.4, -0.2) is 71.2 Å². The van der Waals surface area contributed by atoms with Gasteiger partial charge in [-0.2, -0.15) is 0 Å². The first-order chi connectivity index (χ1) is 12.0. The highest BCUT2D eigenvalue weighted by molar-refractivity contribution is 5.94. The summed E-state index contributed by atoms with van der Waals surface area (Å²) < 4.78 is 11.3. The molecule has 0 aromatic heterocycles. The molecule has 6 nitrogen and oxygen atoms in total. The Morgan fingerprint density at radius 2 is 0.923 bits per heavy atom. The Morgan fingerprint density at radius 1 is 0.692 bits per heavy atom. The molecule has 26 heavy (non-hydrogen) atoms. The van der Waals surface area contributed by atoms with E-state index in [0.29, 0.717) is 26.2 Å². The van der Waals surface area contributed by atoms with E-state index in [1.54, 1.807) is 0 Å². The maximum atomic E-state index is 13.3. The summed E-state index contributed by atoms with van der Waals surface area (Å²) in [7, 11) is 0. The molecule has 0 radical (unpaired) electrons. The van der Waals surface area contributed by atoms with Crippen molar-refractivity contribution in [2.24, 2.45) is 0 Å². The van der Waals surface area contributed by atoms with Crippen molar-refractivity contribution >= 4 is 11.9 Å². The first-order valence-corrected chi connectivity index (χ1v) is 9.89. The number of likely N-dealkylation sites (N-methyl/N-ethyl adjacent to an activating group) is 2. The maximum Gasteiger partial charge on any atom is 0.329 e. The zero-order valence-electron chi connectivity index (χ0n) is 18.5. The van der Waals surface area contributed by atoms with E-state index in [-0.39, 0.29) is 12.2 Å². The quantitative estimate of drug-likeness (QED) is 0.520. The molecule has 0 aliphatic carbocycles. The molecule has 0 N–H and O–H groups in total. The van der Waals surface area contributed by atoms with E-state index < -0.39 is 23.0 Å². The Kier molecular flexibility index (Phi) is 9.81. The van der Waals surface area contributed by atoms with Crippen molar-refractivity contribution in [2.45, 2.75) is 92.5 Å². The first kappa shape index (κ1) is 24.9. The average molecular weight is 373 g/mol. The summed E-state index contributed by atoms with van der Waals surface area (Å²) in [6.45, 7) is 21.3. The molecule has 0 amide bonds. The third kappa shape index (κ3) is 4.77. The van der Waals surface area contributed by atoms with Gasteiger partial charge in [-0.15, -0.1) is 0 Å². The van der Waals surface area contributed by atoms with E-state index in [9.17, 15) is 9.59 Å². The van der Waals surface area contributed by atoms with Crippen LogP contribution in [0.4, 0.5) is 0 Å². The standard InChI is InChI=1S/C20H40N2O4/c1-11-21(12-2)19(9,17(23)25-15(5)6)20(10,22(13-3)14-4)18(24)26-16(7)8/h15-16H,11-14H2,1-10H3. The third-order valence-electron chi connectivity index (χ3n) is 5.22. The van der Waals surface area contributed by atoms with Crippen molar-refractivity contribution in [2.75, 3.05) is 26.2 Å². The maximum absolute atomic E-state index is 13.3. The molecule has 0 aliphatic rings. The summed E-state index contributed by atoms with van der Waals surface area (Å²) in [6, 6.07) is 0. The molecule has 0 bridgehead atoms. The number of carbonyl (C=O) groups is 2. The van der Waals surface area contributed by atoms with Crippen LogP contribution in [0.5, 0.6) is 0 Å². The molecule has 0 aromatic carbocycles.